The summed E-state index contributed by atoms with van der Waals surface area (Å²) in [7, 11) is -3.68. The van der Waals surface area contributed by atoms with Crippen molar-refractivity contribution in [2.24, 2.45) is 0 Å². The van der Waals surface area contributed by atoms with Gasteiger partial charge in [0.2, 0.25) is 10.0 Å². The first-order valence-corrected chi connectivity index (χ1v) is 12.1. The molecule has 8 nitrogen and oxygen atoms in total. The third-order valence-corrected chi connectivity index (χ3v) is 7.77. The number of carbonyl (C=O) groups is 1. The summed E-state index contributed by atoms with van der Waals surface area (Å²) in [5.41, 5.74) is 2.09. The van der Waals surface area contributed by atoms with Crippen LogP contribution in [0.15, 0.2) is 71.9 Å². The normalized spacial score (nSPS) is 15.0. The number of urea groups is 1. The third-order valence-electron chi connectivity index (χ3n) is 5.38. The monoisotopic (exact) mass is 473 g/mol. The number of benzene rings is 2. The van der Waals surface area contributed by atoms with Crippen LogP contribution in [0.25, 0.3) is 5.69 Å². The number of amides is 2. The number of hydrogen-bond donors (Lipinski definition) is 1. The van der Waals surface area contributed by atoms with Crippen molar-refractivity contribution in [3.05, 3.63) is 77.6 Å². The fraction of sp³-hybridized carbons (Fsp3) is 0.273. The van der Waals surface area contributed by atoms with Crippen LogP contribution in [0, 0.1) is 0 Å². The molecular weight excluding hydrogens is 450 g/mol. The van der Waals surface area contributed by atoms with Crippen molar-refractivity contribution in [1.29, 1.82) is 0 Å². The lowest BCUT2D eigenvalue weighted by molar-refractivity contribution is 0.172. The molecule has 3 aromatic rings. The van der Waals surface area contributed by atoms with Crippen LogP contribution in [0.2, 0.25) is 5.02 Å². The average molecular weight is 474 g/mol. The molecule has 4 rings (SSSR count). The standard InChI is InChI=1S/C22H24ClN5O3S/c23-20-4-1-2-5-21(20)32(30,31)27-16-14-26(15-17-27)22(29)24-12-10-18-6-8-19(9-7-18)28-13-3-11-25-28/h1-9,11,13H,10,12,14-17H2,(H,24,29). The summed E-state index contributed by atoms with van der Waals surface area (Å²) in [6.07, 6.45) is 4.32. The Morgan fingerprint density at radius 1 is 1.00 bits per heavy atom. The van der Waals surface area contributed by atoms with Gasteiger partial charge in [0.05, 0.1) is 10.7 Å². The third kappa shape index (κ3) is 4.95. The molecule has 1 saturated heterocycles. The smallest absolute Gasteiger partial charge is 0.317 e. The van der Waals surface area contributed by atoms with Crippen LogP contribution in [-0.2, 0) is 16.4 Å². The summed E-state index contributed by atoms with van der Waals surface area (Å²) in [5, 5.41) is 7.32. The summed E-state index contributed by atoms with van der Waals surface area (Å²) in [5.74, 6) is 0. The average Bonchev–Trinajstić information content (AvgIpc) is 3.35. The van der Waals surface area contributed by atoms with Gasteiger partial charge in [-0.25, -0.2) is 17.9 Å². The molecule has 0 saturated carbocycles. The summed E-state index contributed by atoms with van der Waals surface area (Å²) in [4.78, 5) is 14.2. The Morgan fingerprint density at radius 2 is 1.72 bits per heavy atom. The molecule has 2 heterocycles. The Balaban J connectivity index is 1.25. The minimum absolute atomic E-state index is 0.0955. The number of hydrogen-bond acceptors (Lipinski definition) is 4. The molecule has 1 N–H and O–H groups in total. The van der Waals surface area contributed by atoms with Crippen LogP contribution >= 0.6 is 11.6 Å². The van der Waals surface area contributed by atoms with E-state index < -0.39 is 10.0 Å². The molecule has 2 aromatic carbocycles. The predicted octanol–water partition coefficient (Wildman–Crippen LogP) is 2.78. The van der Waals surface area contributed by atoms with E-state index in [1.54, 1.807) is 34.0 Å². The lowest BCUT2D eigenvalue weighted by Gasteiger charge is -2.34. The van der Waals surface area contributed by atoms with Gasteiger partial charge in [-0.3, -0.25) is 0 Å². The van der Waals surface area contributed by atoms with Crippen molar-refractivity contribution in [2.45, 2.75) is 11.3 Å². The molecule has 1 aromatic heterocycles. The molecule has 168 valence electrons. The lowest BCUT2D eigenvalue weighted by atomic mass is 10.1. The molecule has 0 bridgehead atoms. The topological polar surface area (TPSA) is 87.5 Å². The first kappa shape index (κ1) is 22.3. The van der Waals surface area contributed by atoms with E-state index in [4.69, 9.17) is 11.6 Å². The number of aromatic nitrogens is 2. The molecular formula is C22H24ClN5O3S. The second-order valence-corrected chi connectivity index (χ2v) is 9.73. The zero-order valence-corrected chi connectivity index (χ0v) is 19.0. The van der Waals surface area contributed by atoms with E-state index in [0.29, 0.717) is 26.1 Å². The van der Waals surface area contributed by atoms with Gasteiger partial charge < -0.3 is 10.2 Å². The van der Waals surface area contributed by atoms with Gasteiger partial charge in [0.1, 0.15) is 4.90 Å². The highest BCUT2D eigenvalue weighted by Crippen LogP contribution is 2.25. The second-order valence-electron chi connectivity index (χ2n) is 7.42. The lowest BCUT2D eigenvalue weighted by Crippen LogP contribution is -2.53. The van der Waals surface area contributed by atoms with E-state index in [1.165, 1.54) is 10.4 Å². The van der Waals surface area contributed by atoms with Crippen LogP contribution < -0.4 is 5.32 Å². The number of nitrogens with one attached hydrogen (secondary N) is 1. The van der Waals surface area contributed by atoms with Gasteiger partial charge in [0.15, 0.2) is 0 Å². The molecule has 0 spiro atoms. The highest BCUT2D eigenvalue weighted by atomic mass is 35.5. The Hall–Kier alpha value is -2.88. The Bertz CT molecular complexity index is 1160. The van der Waals surface area contributed by atoms with Gasteiger partial charge >= 0.3 is 6.03 Å². The minimum Gasteiger partial charge on any atom is -0.338 e. The van der Waals surface area contributed by atoms with Gasteiger partial charge in [-0.2, -0.15) is 9.40 Å². The van der Waals surface area contributed by atoms with Crippen molar-refractivity contribution < 1.29 is 13.2 Å². The molecule has 1 aliphatic rings. The van der Waals surface area contributed by atoms with Crippen molar-refractivity contribution in [3.8, 4) is 5.69 Å². The van der Waals surface area contributed by atoms with E-state index >= 15 is 0 Å². The fourth-order valence-corrected chi connectivity index (χ4v) is 5.50. The molecule has 10 heteroatoms. The van der Waals surface area contributed by atoms with Crippen molar-refractivity contribution in [2.75, 3.05) is 32.7 Å². The fourth-order valence-electron chi connectivity index (χ4n) is 3.59. The number of halogens is 1. The molecule has 0 aliphatic carbocycles. The Morgan fingerprint density at radius 3 is 2.38 bits per heavy atom. The number of piperazine rings is 1. The maximum atomic E-state index is 12.8. The Labute approximate surface area is 192 Å². The molecule has 2 amide bonds. The van der Waals surface area contributed by atoms with Crippen LogP contribution in [0.1, 0.15) is 5.56 Å². The number of nitrogens with zero attached hydrogens (tertiary/aromatic N) is 4. The second kappa shape index (κ2) is 9.72. The highest BCUT2D eigenvalue weighted by molar-refractivity contribution is 7.89. The quantitative estimate of drug-likeness (QED) is 0.596. The van der Waals surface area contributed by atoms with E-state index in [1.807, 2.05) is 36.5 Å². The van der Waals surface area contributed by atoms with E-state index in [-0.39, 0.29) is 29.0 Å². The Kier molecular flexibility index (Phi) is 6.78. The largest absolute Gasteiger partial charge is 0.338 e. The molecule has 1 fully saturated rings. The van der Waals surface area contributed by atoms with Crippen LogP contribution in [0.5, 0.6) is 0 Å². The van der Waals surface area contributed by atoms with Gasteiger partial charge in [-0.1, -0.05) is 35.9 Å². The summed E-state index contributed by atoms with van der Waals surface area (Å²) < 4.78 is 28.8. The zero-order valence-electron chi connectivity index (χ0n) is 17.4. The first-order chi connectivity index (χ1) is 15.4. The number of rotatable bonds is 6. The van der Waals surface area contributed by atoms with Gasteiger partial charge in [0.25, 0.3) is 0 Å². The molecule has 32 heavy (non-hydrogen) atoms. The SMILES string of the molecule is O=C(NCCc1ccc(-n2cccn2)cc1)N1CCN(S(=O)(=O)c2ccccc2Cl)CC1. The zero-order chi connectivity index (χ0) is 22.6. The van der Waals surface area contributed by atoms with Crippen LogP contribution in [0.3, 0.4) is 0 Å². The first-order valence-electron chi connectivity index (χ1n) is 10.3. The van der Waals surface area contributed by atoms with E-state index in [2.05, 4.69) is 10.4 Å². The van der Waals surface area contributed by atoms with Crippen LogP contribution in [-0.4, -0.2) is 66.2 Å². The summed E-state index contributed by atoms with van der Waals surface area (Å²) >= 11 is 6.06. The van der Waals surface area contributed by atoms with Crippen molar-refractivity contribution in [1.82, 2.24) is 24.3 Å². The minimum atomic E-state index is -3.68. The van der Waals surface area contributed by atoms with E-state index in [9.17, 15) is 13.2 Å². The summed E-state index contributed by atoms with van der Waals surface area (Å²) in [6, 6.07) is 16.1. The van der Waals surface area contributed by atoms with Gasteiger partial charge in [-0.05, 0) is 42.3 Å². The predicted molar refractivity (Wildman–Crippen MR) is 122 cm³/mol. The molecule has 0 unspecified atom stereocenters. The van der Waals surface area contributed by atoms with E-state index in [0.717, 1.165) is 11.3 Å². The maximum Gasteiger partial charge on any atom is 0.317 e. The highest BCUT2D eigenvalue weighted by Gasteiger charge is 2.31. The van der Waals surface area contributed by atoms with Crippen molar-refractivity contribution in [3.63, 3.8) is 0 Å². The summed E-state index contributed by atoms with van der Waals surface area (Å²) in [6.45, 7) is 1.62. The maximum absolute atomic E-state index is 12.8. The van der Waals surface area contributed by atoms with Crippen LogP contribution in [0.4, 0.5) is 4.79 Å². The molecule has 0 radical (unpaired) electrons. The molecule has 1 aliphatic heterocycles. The van der Waals surface area contributed by atoms with Crippen molar-refractivity contribution >= 4 is 27.7 Å². The van der Waals surface area contributed by atoms with Gasteiger partial charge in [0, 0.05) is 45.1 Å². The number of sulfonamides is 1. The number of carbonyl (C=O) groups excluding carboxylic acids is 1. The van der Waals surface area contributed by atoms with Gasteiger partial charge in [-0.15, -0.1) is 0 Å². The molecule has 0 atom stereocenters.